The minimum atomic E-state index is -0.676. The highest BCUT2D eigenvalue weighted by atomic mass is 31.0. The molecule has 6 heteroatoms. The van der Waals surface area contributed by atoms with E-state index in [-0.39, 0.29) is 6.61 Å². The van der Waals surface area contributed by atoms with Crippen molar-refractivity contribution in [2.75, 3.05) is 20.8 Å². The van der Waals surface area contributed by atoms with Crippen LogP contribution in [-0.2, 0) is 14.2 Å². The molecule has 0 saturated heterocycles. The van der Waals surface area contributed by atoms with Gasteiger partial charge in [-0.15, -0.1) is 0 Å². The van der Waals surface area contributed by atoms with E-state index in [4.69, 9.17) is 14.2 Å². The Hall–Kier alpha value is -1.03. The van der Waals surface area contributed by atoms with Crippen LogP contribution in [0.2, 0.25) is 0 Å². The van der Waals surface area contributed by atoms with Gasteiger partial charge in [-0.2, -0.15) is 0 Å². The second-order valence-electron chi connectivity index (χ2n) is 2.62. The molecule has 0 bridgehead atoms. The third-order valence-corrected chi connectivity index (χ3v) is 2.44. The number of ether oxygens (including phenoxy) is 3. The maximum Gasteiger partial charge on any atom is 0.346 e. The summed E-state index contributed by atoms with van der Waals surface area (Å²) < 4.78 is 14.8. The molecule has 0 aliphatic heterocycles. The monoisotopic (exact) mass is 229 g/mol. The van der Waals surface area contributed by atoms with Gasteiger partial charge in [0.15, 0.2) is 0 Å². The normalized spacial score (nSPS) is 12.7. The lowest BCUT2D eigenvalue weighted by atomic mass is 10.5. The summed E-state index contributed by atoms with van der Waals surface area (Å²) in [5.74, 6) is 1.32. The summed E-state index contributed by atoms with van der Waals surface area (Å²) in [6, 6.07) is 0. The number of carbonyl (C=O) groups excluding carboxylic acids is 1. The summed E-state index contributed by atoms with van der Waals surface area (Å²) in [7, 11) is 3.74. The number of aromatic nitrogens is 1. The van der Waals surface area contributed by atoms with Crippen molar-refractivity contribution in [3.05, 3.63) is 23.5 Å². The fraction of sp³-hybridized carbons (Fsp3) is 0.444. The maximum absolute atomic E-state index is 11.5. The van der Waals surface area contributed by atoms with Crippen molar-refractivity contribution in [1.82, 2.24) is 4.98 Å². The molecule has 1 unspecified atom stereocenters. The van der Waals surface area contributed by atoms with Crippen LogP contribution < -0.4 is 0 Å². The summed E-state index contributed by atoms with van der Waals surface area (Å²) in [5.41, 5.74) is 0. The molecule has 0 aliphatic carbocycles. The molecule has 0 aromatic carbocycles. The first-order valence-corrected chi connectivity index (χ1v) is 5.23. The minimum absolute atomic E-state index is 0.208. The summed E-state index contributed by atoms with van der Waals surface area (Å²) in [4.78, 5) is 15.4. The molecule has 0 amide bonds. The van der Waals surface area contributed by atoms with Crippen LogP contribution in [-0.4, -0.2) is 38.1 Å². The van der Waals surface area contributed by atoms with Gasteiger partial charge in [-0.05, 0) is 5.80 Å². The van der Waals surface area contributed by atoms with E-state index in [1.165, 1.54) is 20.4 Å². The highest BCUT2D eigenvalue weighted by Crippen LogP contribution is 2.13. The van der Waals surface area contributed by atoms with Crippen LogP contribution in [0, 0.1) is 0 Å². The fourth-order valence-corrected chi connectivity index (χ4v) is 1.47. The van der Waals surface area contributed by atoms with Gasteiger partial charge in [0.2, 0.25) is 6.29 Å². The molecule has 0 saturated carbocycles. The van der Waals surface area contributed by atoms with Crippen LogP contribution in [0.15, 0.2) is 18.2 Å². The van der Waals surface area contributed by atoms with Crippen molar-refractivity contribution in [2.45, 2.75) is 6.29 Å². The van der Waals surface area contributed by atoms with E-state index < -0.39 is 12.3 Å². The first kappa shape index (κ1) is 12.0. The van der Waals surface area contributed by atoms with Crippen molar-refractivity contribution >= 4 is 14.2 Å². The second-order valence-corrected chi connectivity index (χ2v) is 3.65. The Morgan fingerprint density at radius 1 is 1.60 bits per heavy atom. The number of carbonyl (C=O) groups is 1. The van der Waals surface area contributed by atoms with E-state index in [1.54, 1.807) is 12.0 Å². The fourth-order valence-electron chi connectivity index (χ4n) is 0.871. The molecule has 15 heavy (non-hydrogen) atoms. The average Bonchev–Trinajstić information content (AvgIpc) is 2.29. The molecule has 1 heterocycles. The van der Waals surface area contributed by atoms with Crippen molar-refractivity contribution < 1.29 is 19.0 Å². The highest BCUT2D eigenvalue weighted by molar-refractivity contribution is 7.31. The van der Waals surface area contributed by atoms with Crippen molar-refractivity contribution in [1.29, 1.82) is 0 Å². The van der Waals surface area contributed by atoms with Gasteiger partial charge >= 0.3 is 5.97 Å². The first-order valence-electron chi connectivity index (χ1n) is 4.26. The molecule has 82 valence electrons. The Balaban J connectivity index is 2.55. The predicted octanol–water partition coefficient (Wildman–Crippen LogP) is 1.44. The van der Waals surface area contributed by atoms with Crippen LogP contribution in [0.25, 0.3) is 0 Å². The van der Waals surface area contributed by atoms with Gasteiger partial charge in [-0.25, -0.2) is 4.79 Å². The van der Waals surface area contributed by atoms with Crippen LogP contribution in [0.5, 0.6) is 0 Å². The molecule has 1 atom stereocenters. The van der Waals surface area contributed by atoms with E-state index in [9.17, 15) is 4.79 Å². The maximum atomic E-state index is 11.5. The Kier molecular flexibility index (Phi) is 5.18. The number of hydrogen-bond acceptors (Lipinski definition) is 5. The highest BCUT2D eigenvalue weighted by Gasteiger charge is 2.15. The molecular weight excluding hydrogens is 217 g/mol. The summed E-state index contributed by atoms with van der Waals surface area (Å²) in [5, 5.41) is 0.482. The van der Waals surface area contributed by atoms with Crippen LogP contribution in [0.1, 0.15) is 10.1 Å². The molecule has 0 aliphatic rings. The van der Waals surface area contributed by atoms with Crippen LogP contribution in [0.4, 0.5) is 0 Å². The third kappa shape index (κ3) is 3.91. The average molecular weight is 229 g/mol. The zero-order valence-electron chi connectivity index (χ0n) is 8.54. The van der Waals surface area contributed by atoms with Gasteiger partial charge < -0.3 is 14.2 Å². The molecule has 0 spiro atoms. The number of nitrogens with zero attached hydrogens (tertiary/aromatic N) is 1. The van der Waals surface area contributed by atoms with Gasteiger partial charge in [0.1, 0.15) is 11.9 Å². The number of hydrogen-bond donors (Lipinski definition) is 0. The standard InChI is InChI=1S/C9H12NO4P/c1-12-6-8(13-2)14-9(11)7-5-10-3-4-15-7/h3-5,8H,6H2,1-2H3. The molecule has 5 nitrogen and oxygen atoms in total. The van der Waals surface area contributed by atoms with Crippen molar-refractivity contribution in [2.24, 2.45) is 0 Å². The van der Waals surface area contributed by atoms with Gasteiger partial charge in [-0.1, -0.05) is 8.19 Å². The minimum Gasteiger partial charge on any atom is -0.429 e. The Morgan fingerprint density at radius 2 is 2.40 bits per heavy atom. The van der Waals surface area contributed by atoms with Gasteiger partial charge in [0.25, 0.3) is 0 Å². The Labute approximate surface area is 89.5 Å². The molecule has 1 rings (SSSR count). The smallest absolute Gasteiger partial charge is 0.346 e. The topological polar surface area (TPSA) is 57.7 Å². The van der Waals surface area contributed by atoms with E-state index in [0.29, 0.717) is 5.30 Å². The molecular formula is C9H12NO4P. The summed E-state index contributed by atoms with van der Waals surface area (Å²) in [6.07, 6.45) is 2.43. The Morgan fingerprint density at radius 3 is 2.93 bits per heavy atom. The predicted molar refractivity (Wildman–Crippen MR) is 54.8 cm³/mol. The quantitative estimate of drug-likeness (QED) is 0.564. The Bertz CT molecular complexity index is 306. The lowest BCUT2D eigenvalue weighted by Crippen LogP contribution is -2.24. The van der Waals surface area contributed by atoms with E-state index in [2.05, 4.69) is 4.98 Å². The van der Waals surface area contributed by atoms with Gasteiger partial charge in [0.05, 0.1) is 0 Å². The van der Waals surface area contributed by atoms with E-state index in [1.807, 2.05) is 0 Å². The van der Waals surface area contributed by atoms with Crippen LogP contribution in [0.3, 0.4) is 0 Å². The zero-order valence-corrected chi connectivity index (χ0v) is 9.44. The number of methoxy groups -OCH3 is 2. The van der Waals surface area contributed by atoms with Crippen molar-refractivity contribution in [3.63, 3.8) is 0 Å². The van der Waals surface area contributed by atoms with Gasteiger partial charge in [0, 0.05) is 26.6 Å². The second kappa shape index (κ2) is 6.45. The van der Waals surface area contributed by atoms with Crippen molar-refractivity contribution in [3.8, 4) is 0 Å². The van der Waals surface area contributed by atoms with E-state index >= 15 is 0 Å². The molecule has 1 aromatic rings. The zero-order chi connectivity index (χ0) is 11.1. The van der Waals surface area contributed by atoms with E-state index in [0.717, 1.165) is 8.19 Å². The largest absolute Gasteiger partial charge is 0.429 e. The molecule has 0 radical (unpaired) electrons. The lowest BCUT2D eigenvalue weighted by molar-refractivity contribution is -0.120. The summed E-state index contributed by atoms with van der Waals surface area (Å²) >= 11 is 0. The number of esters is 1. The molecule has 0 fully saturated rings. The lowest BCUT2D eigenvalue weighted by Gasteiger charge is -2.14. The summed E-state index contributed by atoms with van der Waals surface area (Å²) in [6.45, 7) is 0.208. The molecule has 0 N–H and O–H groups in total. The number of rotatable bonds is 5. The SMILES string of the molecule is COCC(OC)OC(=O)c1cnccp1. The third-order valence-electron chi connectivity index (χ3n) is 1.58. The molecule has 1 aromatic heterocycles. The van der Waals surface area contributed by atoms with Gasteiger partial charge in [-0.3, -0.25) is 4.98 Å². The first-order chi connectivity index (χ1) is 7.27. The van der Waals surface area contributed by atoms with Crippen LogP contribution >= 0.6 is 8.19 Å².